The molecule has 0 atom stereocenters. The molecule has 0 aliphatic heterocycles. The molecule has 0 bridgehead atoms. The molecule has 1 fully saturated rings. The summed E-state index contributed by atoms with van der Waals surface area (Å²) in [5.74, 6) is 1.39. The normalized spacial score (nSPS) is 15.4. The number of anilines is 1. The molecule has 0 spiro atoms. The number of carbonyl (C=O) groups excluding carboxylic acids is 1. The van der Waals surface area contributed by atoms with Gasteiger partial charge in [-0.15, -0.1) is 10.2 Å². The second kappa shape index (κ2) is 7.83. The summed E-state index contributed by atoms with van der Waals surface area (Å²) in [7, 11) is 1.81. The predicted molar refractivity (Wildman–Crippen MR) is 97.5 cm³/mol. The highest BCUT2D eigenvalue weighted by molar-refractivity contribution is 7.99. The number of hydrogen-bond donors (Lipinski definition) is 0. The maximum atomic E-state index is 12.5. The molecule has 3 rings (SSSR count). The fourth-order valence-corrected chi connectivity index (χ4v) is 4.19. The molecule has 128 valence electrons. The van der Waals surface area contributed by atoms with E-state index in [4.69, 9.17) is 0 Å². The summed E-state index contributed by atoms with van der Waals surface area (Å²) < 4.78 is 2.24. The number of nitrogens with zero attached hydrogens (tertiary/aromatic N) is 4. The average molecular weight is 344 g/mol. The molecule has 1 amide bonds. The van der Waals surface area contributed by atoms with Crippen LogP contribution in [0.4, 0.5) is 5.69 Å². The summed E-state index contributed by atoms with van der Waals surface area (Å²) in [6.45, 7) is 2.00. The van der Waals surface area contributed by atoms with Crippen molar-refractivity contribution in [3.8, 4) is 0 Å². The number of amides is 1. The Morgan fingerprint density at radius 3 is 2.62 bits per heavy atom. The van der Waals surface area contributed by atoms with E-state index in [1.54, 1.807) is 4.90 Å². The van der Waals surface area contributed by atoms with Crippen molar-refractivity contribution in [1.29, 1.82) is 0 Å². The number of para-hydroxylation sites is 1. The second-order valence-corrected chi connectivity index (χ2v) is 7.21. The molecule has 0 N–H and O–H groups in total. The summed E-state index contributed by atoms with van der Waals surface area (Å²) in [6, 6.07) is 10.2. The largest absolute Gasteiger partial charge is 0.315 e. The summed E-state index contributed by atoms with van der Waals surface area (Å²) in [4.78, 5) is 14.2. The molecule has 1 aliphatic rings. The molecule has 1 saturated carbocycles. The van der Waals surface area contributed by atoms with Crippen molar-refractivity contribution >= 4 is 23.4 Å². The van der Waals surface area contributed by atoms with E-state index in [9.17, 15) is 4.79 Å². The van der Waals surface area contributed by atoms with Gasteiger partial charge in [-0.2, -0.15) is 0 Å². The first-order valence-corrected chi connectivity index (χ1v) is 9.51. The lowest BCUT2D eigenvalue weighted by Crippen LogP contribution is -2.28. The van der Waals surface area contributed by atoms with E-state index in [1.165, 1.54) is 43.9 Å². The lowest BCUT2D eigenvalue weighted by atomic mass is 9.95. The van der Waals surface area contributed by atoms with Crippen molar-refractivity contribution in [2.24, 2.45) is 0 Å². The first-order chi connectivity index (χ1) is 11.7. The lowest BCUT2D eigenvalue weighted by molar-refractivity contribution is -0.115. The van der Waals surface area contributed by atoms with Crippen LogP contribution in [0, 0.1) is 6.92 Å². The minimum absolute atomic E-state index is 0.0713. The molecule has 0 unspecified atom stereocenters. The number of hydrogen-bond acceptors (Lipinski definition) is 4. The Hall–Kier alpha value is -1.82. The molecule has 0 radical (unpaired) electrons. The van der Waals surface area contributed by atoms with Crippen molar-refractivity contribution in [3.05, 3.63) is 36.2 Å². The van der Waals surface area contributed by atoms with Gasteiger partial charge in [-0.1, -0.05) is 49.2 Å². The summed E-state index contributed by atoms with van der Waals surface area (Å²) in [5.41, 5.74) is 0.910. The van der Waals surface area contributed by atoms with Gasteiger partial charge in [0.25, 0.3) is 0 Å². The van der Waals surface area contributed by atoms with Gasteiger partial charge < -0.3 is 9.47 Å². The zero-order valence-corrected chi connectivity index (χ0v) is 15.1. The average Bonchev–Trinajstić information content (AvgIpc) is 3.01. The highest BCUT2D eigenvalue weighted by Crippen LogP contribution is 2.32. The Balaban J connectivity index is 1.65. The third kappa shape index (κ3) is 3.80. The van der Waals surface area contributed by atoms with Crippen molar-refractivity contribution in [1.82, 2.24) is 14.8 Å². The van der Waals surface area contributed by atoms with Gasteiger partial charge in [-0.05, 0) is 31.9 Å². The van der Waals surface area contributed by atoms with E-state index in [2.05, 4.69) is 14.8 Å². The smallest absolute Gasteiger partial charge is 0.237 e. The van der Waals surface area contributed by atoms with Gasteiger partial charge in [-0.25, -0.2) is 0 Å². The van der Waals surface area contributed by atoms with E-state index >= 15 is 0 Å². The van der Waals surface area contributed by atoms with Crippen molar-refractivity contribution in [2.75, 3.05) is 17.7 Å². The van der Waals surface area contributed by atoms with Crippen LogP contribution in [0.3, 0.4) is 0 Å². The van der Waals surface area contributed by atoms with Gasteiger partial charge in [0.1, 0.15) is 5.82 Å². The van der Waals surface area contributed by atoms with E-state index < -0.39 is 0 Å². The molecule has 0 saturated heterocycles. The van der Waals surface area contributed by atoms with E-state index in [0.717, 1.165) is 16.7 Å². The van der Waals surface area contributed by atoms with Gasteiger partial charge in [-0.3, -0.25) is 4.79 Å². The van der Waals surface area contributed by atoms with Crippen LogP contribution in [0.15, 0.2) is 35.5 Å². The second-order valence-electron chi connectivity index (χ2n) is 6.27. The van der Waals surface area contributed by atoms with Crippen LogP contribution in [0.5, 0.6) is 0 Å². The number of carbonyl (C=O) groups is 1. The predicted octanol–water partition coefficient (Wildman–Crippen LogP) is 3.85. The lowest BCUT2D eigenvalue weighted by Gasteiger charge is -2.25. The zero-order valence-electron chi connectivity index (χ0n) is 14.3. The Bertz CT molecular complexity index is 680. The molecule has 24 heavy (non-hydrogen) atoms. The monoisotopic (exact) mass is 344 g/mol. The number of aromatic nitrogens is 3. The Kier molecular flexibility index (Phi) is 5.56. The topological polar surface area (TPSA) is 51.0 Å². The molecule has 1 aliphatic carbocycles. The van der Waals surface area contributed by atoms with Crippen LogP contribution >= 0.6 is 11.8 Å². The highest BCUT2D eigenvalue weighted by atomic mass is 32.2. The first kappa shape index (κ1) is 17.0. The SMILES string of the molecule is Cc1nnc(SCC(=O)N(C)c2ccccc2)n1C1CCCCC1. The third-order valence-electron chi connectivity index (χ3n) is 4.62. The Morgan fingerprint density at radius 1 is 1.21 bits per heavy atom. The molecule has 1 aromatic heterocycles. The number of rotatable bonds is 5. The van der Waals surface area contributed by atoms with E-state index in [0.29, 0.717) is 11.8 Å². The van der Waals surface area contributed by atoms with Crippen LogP contribution in [0.1, 0.15) is 44.0 Å². The maximum Gasteiger partial charge on any atom is 0.237 e. The van der Waals surface area contributed by atoms with Crippen molar-refractivity contribution < 1.29 is 4.79 Å². The summed E-state index contributed by atoms with van der Waals surface area (Å²) in [6.07, 6.45) is 6.22. The molecule has 2 aromatic rings. The third-order valence-corrected chi connectivity index (χ3v) is 5.55. The van der Waals surface area contributed by atoms with E-state index in [-0.39, 0.29) is 5.91 Å². The number of thioether (sulfide) groups is 1. The van der Waals surface area contributed by atoms with Crippen LogP contribution < -0.4 is 4.90 Å². The molecular formula is C18H24N4OS. The molecule has 6 heteroatoms. The summed E-state index contributed by atoms with van der Waals surface area (Å²) >= 11 is 1.49. The van der Waals surface area contributed by atoms with Gasteiger partial charge in [0, 0.05) is 18.8 Å². The number of benzene rings is 1. The van der Waals surface area contributed by atoms with Gasteiger partial charge >= 0.3 is 0 Å². The van der Waals surface area contributed by atoms with Crippen LogP contribution in [-0.2, 0) is 4.79 Å². The highest BCUT2D eigenvalue weighted by Gasteiger charge is 2.22. The minimum atomic E-state index is 0.0713. The first-order valence-electron chi connectivity index (χ1n) is 8.52. The van der Waals surface area contributed by atoms with Crippen LogP contribution in [0.2, 0.25) is 0 Å². The summed E-state index contributed by atoms with van der Waals surface area (Å²) in [5, 5.41) is 9.41. The minimum Gasteiger partial charge on any atom is -0.315 e. The fraction of sp³-hybridized carbons (Fsp3) is 0.500. The molecule has 1 heterocycles. The Morgan fingerprint density at radius 2 is 1.92 bits per heavy atom. The number of aryl methyl sites for hydroxylation is 1. The Labute approximate surface area is 147 Å². The quantitative estimate of drug-likeness (QED) is 0.773. The van der Waals surface area contributed by atoms with Crippen molar-refractivity contribution in [3.63, 3.8) is 0 Å². The van der Waals surface area contributed by atoms with Crippen LogP contribution in [-0.4, -0.2) is 33.5 Å². The standard InChI is InChI=1S/C18H24N4OS/c1-14-19-20-18(22(14)16-11-7-4-8-12-16)24-13-17(23)21(2)15-9-5-3-6-10-15/h3,5-6,9-10,16H,4,7-8,11-13H2,1-2H3. The zero-order chi connectivity index (χ0) is 16.9. The van der Waals surface area contributed by atoms with Crippen LogP contribution in [0.25, 0.3) is 0 Å². The van der Waals surface area contributed by atoms with Gasteiger partial charge in [0.2, 0.25) is 5.91 Å². The van der Waals surface area contributed by atoms with Crippen molar-refractivity contribution in [2.45, 2.75) is 50.2 Å². The molecular weight excluding hydrogens is 320 g/mol. The van der Waals surface area contributed by atoms with E-state index in [1.807, 2.05) is 44.3 Å². The van der Waals surface area contributed by atoms with Gasteiger partial charge in [0.05, 0.1) is 5.75 Å². The molecule has 5 nitrogen and oxygen atoms in total. The molecule has 1 aromatic carbocycles. The fourth-order valence-electron chi connectivity index (χ4n) is 3.23. The maximum absolute atomic E-state index is 12.5. The van der Waals surface area contributed by atoms with Gasteiger partial charge in [0.15, 0.2) is 5.16 Å².